The van der Waals surface area contributed by atoms with Crippen LogP contribution < -0.4 is 9.64 Å². The monoisotopic (exact) mass is 613 g/mol. The summed E-state index contributed by atoms with van der Waals surface area (Å²) in [7, 11) is -3.72. The standard InChI is InChI=1S/C35H39N3O5S/c1-5-38-33-13-11-27(44(40,41)37-15-17-42-18-16-37)22-30(33)31(35(38)39)21-26-23-36(32-9-7-6-8-29(26)32)14-19-43-34-20-25(4)10-12-28(34)24(2)3/h6-13,20-24H,5,14-19H2,1-4H3. The van der Waals surface area contributed by atoms with Gasteiger partial charge in [0.15, 0.2) is 0 Å². The van der Waals surface area contributed by atoms with E-state index in [1.807, 2.05) is 31.2 Å². The van der Waals surface area contributed by atoms with Gasteiger partial charge in [0.05, 0.1) is 30.3 Å². The van der Waals surface area contributed by atoms with Gasteiger partial charge in [-0.2, -0.15) is 4.31 Å². The first-order chi connectivity index (χ1) is 21.2. The highest BCUT2D eigenvalue weighted by Crippen LogP contribution is 2.40. The predicted octanol–water partition coefficient (Wildman–Crippen LogP) is 6.08. The molecule has 3 heterocycles. The average molecular weight is 614 g/mol. The highest BCUT2D eigenvalue weighted by Gasteiger charge is 2.34. The molecule has 1 amide bonds. The highest BCUT2D eigenvalue weighted by molar-refractivity contribution is 7.89. The molecule has 0 atom stereocenters. The van der Waals surface area contributed by atoms with E-state index in [-0.39, 0.29) is 10.8 Å². The second kappa shape index (κ2) is 12.2. The van der Waals surface area contributed by atoms with Crippen LogP contribution in [0.2, 0.25) is 0 Å². The normalized spacial score (nSPS) is 16.8. The molecule has 3 aromatic carbocycles. The lowest BCUT2D eigenvalue weighted by atomic mass is 10.0. The van der Waals surface area contributed by atoms with Crippen molar-refractivity contribution in [3.05, 3.63) is 89.1 Å². The number of carbonyl (C=O) groups excluding carboxylic acids is 1. The van der Waals surface area contributed by atoms with Gasteiger partial charge in [0, 0.05) is 53.4 Å². The molecule has 1 aromatic heterocycles. The molecule has 1 fully saturated rings. The van der Waals surface area contributed by atoms with Crippen LogP contribution in [-0.4, -0.2) is 62.7 Å². The molecule has 0 N–H and O–H groups in total. The lowest BCUT2D eigenvalue weighted by molar-refractivity contribution is -0.112. The van der Waals surface area contributed by atoms with Crippen molar-refractivity contribution in [3.8, 4) is 5.75 Å². The van der Waals surface area contributed by atoms with E-state index in [0.29, 0.717) is 63.1 Å². The number of anilines is 1. The minimum absolute atomic E-state index is 0.135. The Hall–Kier alpha value is -3.92. The minimum atomic E-state index is -3.72. The zero-order chi connectivity index (χ0) is 31.0. The number of morpholine rings is 1. The summed E-state index contributed by atoms with van der Waals surface area (Å²) in [5.41, 5.74) is 6.13. The van der Waals surface area contributed by atoms with Gasteiger partial charge in [-0.3, -0.25) is 4.79 Å². The van der Waals surface area contributed by atoms with Crippen LogP contribution in [-0.2, 0) is 26.1 Å². The molecule has 44 heavy (non-hydrogen) atoms. The van der Waals surface area contributed by atoms with Crippen LogP contribution in [0.1, 0.15) is 48.9 Å². The van der Waals surface area contributed by atoms with Gasteiger partial charge in [-0.1, -0.05) is 44.2 Å². The lowest BCUT2D eigenvalue weighted by Crippen LogP contribution is -2.40. The van der Waals surface area contributed by atoms with Gasteiger partial charge in [0.1, 0.15) is 12.4 Å². The van der Waals surface area contributed by atoms with E-state index in [4.69, 9.17) is 9.47 Å². The summed E-state index contributed by atoms with van der Waals surface area (Å²) in [6, 6.07) is 19.5. The van der Waals surface area contributed by atoms with Gasteiger partial charge >= 0.3 is 0 Å². The Morgan fingerprint density at radius 2 is 1.80 bits per heavy atom. The Bertz CT molecular complexity index is 1850. The number of rotatable bonds is 9. The van der Waals surface area contributed by atoms with E-state index in [2.05, 4.69) is 55.8 Å². The third-order valence-electron chi connectivity index (χ3n) is 8.45. The summed E-state index contributed by atoms with van der Waals surface area (Å²) in [4.78, 5) is 15.6. The molecule has 230 valence electrons. The molecular formula is C35H39N3O5S. The van der Waals surface area contributed by atoms with Crippen molar-refractivity contribution in [2.75, 3.05) is 44.4 Å². The number of sulfonamides is 1. The minimum Gasteiger partial charge on any atom is -0.491 e. The summed E-state index contributed by atoms with van der Waals surface area (Å²) in [5, 5.41) is 1.01. The van der Waals surface area contributed by atoms with Crippen LogP contribution in [0, 0.1) is 6.92 Å². The third kappa shape index (κ3) is 5.56. The van der Waals surface area contributed by atoms with Crippen molar-refractivity contribution in [2.24, 2.45) is 0 Å². The van der Waals surface area contributed by atoms with E-state index in [1.54, 1.807) is 23.1 Å². The summed E-state index contributed by atoms with van der Waals surface area (Å²) in [5.74, 6) is 1.13. The van der Waals surface area contributed by atoms with Crippen molar-refractivity contribution in [3.63, 3.8) is 0 Å². The SMILES string of the molecule is CCN1C(=O)C(=Cc2cn(CCOc3cc(C)ccc3C(C)C)c3ccccc23)c2cc(S(=O)(=O)N3CCOCC3)ccc21. The highest BCUT2D eigenvalue weighted by atomic mass is 32.2. The zero-order valence-corrected chi connectivity index (χ0v) is 26.6. The number of carbonyl (C=O) groups is 1. The smallest absolute Gasteiger partial charge is 0.258 e. The van der Waals surface area contributed by atoms with Crippen molar-refractivity contribution in [1.82, 2.24) is 8.87 Å². The maximum absolute atomic E-state index is 13.7. The van der Waals surface area contributed by atoms with E-state index < -0.39 is 10.0 Å². The maximum atomic E-state index is 13.7. The van der Waals surface area contributed by atoms with Crippen LogP contribution in [0.3, 0.4) is 0 Å². The zero-order valence-electron chi connectivity index (χ0n) is 25.7. The summed E-state index contributed by atoms with van der Waals surface area (Å²) in [6.07, 6.45) is 3.95. The first kappa shape index (κ1) is 30.1. The van der Waals surface area contributed by atoms with E-state index >= 15 is 0 Å². The lowest BCUT2D eigenvalue weighted by Gasteiger charge is -2.26. The quantitative estimate of drug-likeness (QED) is 0.214. The van der Waals surface area contributed by atoms with E-state index in [0.717, 1.165) is 33.5 Å². The number of ether oxygens (including phenoxy) is 2. The second-order valence-corrected chi connectivity index (χ2v) is 13.6. The molecule has 2 aliphatic heterocycles. The fourth-order valence-electron chi connectivity index (χ4n) is 6.11. The number of fused-ring (bicyclic) bond motifs is 2. The van der Waals surface area contributed by atoms with E-state index in [1.165, 1.54) is 9.87 Å². The van der Waals surface area contributed by atoms with Crippen molar-refractivity contribution in [1.29, 1.82) is 0 Å². The molecule has 0 spiro atoms. The molecule has 0 bridgehead atoms. The molecule has 4 aromatic rings. The van der Waals surface area contributed by atoms with Crippen LogP contribution in [0.25, 0.3) is 22.6 Å². The topological polar surface area (TPSA) is 81.1 Å². The molecule has 6 rings (SSSR count). The van der Waals surface area contributed by atoms with Gasteiger partial charge in [-0.15, -0.1) is 0 Å². The molecular weight excluding hydrogens is 574 g/mol. The van der Waals surface area contributed by atoms with Crippen molar-refractivity contribution in [2.45, 2.75) is 45.1 Å². The molecule has 9 heteroatoms. The Labute approximate surface area is 259 Å². The molecule has 8 nitrogen and oxygen atoms in total. The summed E-state index contributed by atoms with van der Waals surface area (Å²) < 4.78 is 42.2. The number of hydrogen-bond acceptors (Lipinski definition) is 5. The Kier molecular flexibility index (Phi) is 8.37. The van der Waals surface area contributed by atoms with E-state index in [9.17, 15) is 13.2 Å². The number of hydrogen-bond donors (Lipinski definition) is 0. The van der Waals surface area contributed by atoms with Gasteiger partial charge < -0.3 is 18.9 Å². The number of para-hydroxylation sites is 1. The number of aromatic nitrogens is 1. The molecule has 0 saturated carbocycles. The van der Waals surface area contributed by atoms with Gasteiger partial charge in [0.2, 0.25) is 10.0 Å². The number of amides is 1. The summed E-state index contributed by atoms with van der Waals surface area (Å²) in [6.45, 7) is 11.3. The van der Waals surface area contributed by atoms with Gasteiger partial charge in [0.25, 0.3) is 5.91 Å². The Morgan fingerprint density at radius 3 is 2.55 bits per heavy atom. The third-order valence-corrected chi connectivity index (χ3v) is 10.3. The van der Waals surface area contributed by atoms with Crippen molar-refractivity contribution < 1.29 is 22.7 Å². The molecule has 1 saturated heterocycles. The van der Waals surface area contributed by atoms with Gasteiger partial charge in [-0.05, 0) is 67.3 Å². The number of aryl methyl sites for hydroxylation is 1. The second-order valence-electron chi connectivity index (χ2n) is 11.6. The number of benzene rings is 3. The van der Waals surface area contributed by atoms with Crippen LogP contribution in [0.15, 0.2) is 71.8 Å². The largest absolute Gasteiger partial charge is 0.491 e. The fourth-order valence-corrected chi connectivity index (χ4v) is 7.55. The molecule has 0 aliphatic carbocycles. The molecule has 0 radical (unpaired) electrons. The van der Waals surface area contributed by atoms with Crippen LogP contribution in [0.4, 0.5) is 5.69 Å². The van der Waals surface area contributed by atoms with Gasteiger partial charge in [-0.25, -0.2) is 8.42 Å². The van der Waals surface area contributed by atoms with Crippen LogP contribution in [0.5, 0.6) is 5.75 Å². The summed E-state index contributed by atoms with van der Waals surface area (Å²) >= 11 is 0. The average Bonchev–Trinajstić information content (AvgIpc) is 3.51. The maximum Gasteiger partial charge on any atom is 0.258 e. The molecule has 2 aliphatic rings. The molecule has 0 unspecified atom stereocenters. The fraction of sp³-hybridized carbons (Fsp3) is 0.343. The number of likely N-dealkylation sites (N-methyl/N-ethyl adjacent to an activating group) is 1. The number of nitrogens with zero attached hydrogens (tertiary/aromatic N) is 3. The Balaban J connectivity index is 1.34. The van der Waals surface area contributed by atoms with Crippen LogP contribution >= 0.6 is 0 Å². The predicted molar refractivity (Wildman–Crippen MR) is 175 cm³/mol. The van der Waals surface area contributed by atoms with Crippen molar-refractivity contribution >= 4 is 44.2 Å². The first-order valence-corrected chi connectivity index (χ1v) is 16.7. The Morgan fingerprint density at radius 1 is 1.02 bits per heavy atom. The first-order valence-electron chi connectivity index (χ1n) is 15.3.